The van der Waals surface area contributed by atoms with Gasteiger partial charge in [0.2, 0.25) is 11.8 Å². The van der Waals surface area contributed by atoms with Crippen LogP contribution >= 0.6 is 0 Å². The fraction of sp³-hybridized carbons (Fsp3) is 0.450. The summed E-state index contributed by atoms with van der Waals surface area (Å²) in [6.45, 7) is 7.84. The van der Waals surface area contributed by atoms with Crippen LogP contribution < -0.4 is 5.32 Å². The van der Waals surface area contributed by atoms with E-state index >= 15 is 0 Å². The largest absolute Gasteiger partial charge is 0.352 e. The molecule has 0 spiro atoms. The molecule has 1 aliphatic heterocycles. The van der Waals surface area contributed by atoms with Gasteiger partial charge in [-0.3, -0.25) is 9.59 Å². The Morgan fingerprint density at radius 2 is 2.19 bits per heavy atom. The molecule has 1 N–H and O–H groups in total. The second kappa shape index (κ2) is 7.72. The Labute approximate surface area is 154 Å². The van der Waals surface area contributed by atoms with Gasteiger partial charge in [-0.2, -0.15) is 5.10 Å². The molecular formula is C20H26N4O2. The predicted octanol–water partition coefficient (Wildman–Crippen LogP) is 2.30. The molecule has 6 nitrogen and oxygen atoms in total. The molecule has 26 heavy (non-hydrogen) atoms. The van der Waals surface area contributed by atoms with Crippen LogP contribution in [0, 0.1) is 18.8 Å². The molecule has 1 saturated heterocycles. The number of carbonyl (C=O) groups is 2. The highest BCUT2D eigenvalue weighted by molar-refractivity contribution is 5.89. The van der Waals surface area contributed by atoms with Crippen LogP contribution in [-0.4, -0.2) is 39.6 Å². The van der Waals surface area contributed by atoms with Crippen LogP contribution in [0.1, 0.15) is 31.4 Å². The van der Waals surface area contributed by atoms with Crippen molar-refractivity contribution in [2.75, 3.05) is 13.1 Å². The number of aromatic nitrogens is 2. The van der Waals surface area contributed by atoms with Crippen LogP contribution in [0.4, 0.5) is 0 Å². The predicted molar refractivity (Wildman–Crippen MR) is 99.7 cm³/mol. The molecular weight excluding hydrogens is 328 g/mol. The van der Waals surface area contributed by atoms with E-state index in [0.29, 0.717) is 32.0 Å². The van der Waals surface area contributed by atoms with Crippen molar-refractivity contribution in [3.05, 3.63) is 47.8 Å². The van der Waals surface area contributed by atoms with Gasteiger partial charge in [-0.15, -0.1) is 0 Å². The fourth-order valence-electron chi connectivity index (χ4n) is 3.26. The van der Waals surface area contributed by atoms with Crippen molar-refractivity contribution in [3.63, 3.8) is 0 Å². The molecule has 3 rings (SSSR count). The van der Waals surface area contributed by atoms with Gasteiger partial charge in [0.15, 0.2) is 0 Å². The lowest BCUT2D eigenvalue weighted by atomic mass is 10.1. The third-order valence-electron chi connectivity index (χ3n) is 4.54. The Morgan fingerprint density at radius 3 is 2.92 bits per heavy atom. The van der Waals surface area contributed by atoms with Gasteiger partial charge < -0.3 is 10.2 Å². The lowest BCUT2D eigenvalue weighted by Crippen LogP contribution is -2.33. The van der Waals surface area contributed by atoms with E-state index in [1.54, 1.807) is 15.8 Å². The third kappa shape index (κ3) is 4.31. The molecule has 1 aromatic carbocycles. The molecule has 1 fully saturated rings. The van der Waals surface area contributed by atoms with E-state index in [9.17, 15) is 9.59 Å². The summed E-state index contributed by atoms with van der Waals surface area (Å²) in [6, 6.07) is 8.09. The molecule has 1 aliphatic rings. The summed E-state index contributed by atoms with van der Waals surface area (Å²) in [5, 5.41) is 7.30. The minimum Gasteiger partial charge on any atom is -0.352 e. The Bertz CT molecular complexity index is 797. The van der Waals surface area contributed by atoms with Gasteiger partial charge in [-0.05, 0) is 30.5 Å². The average molecular weight is 354 g/mol. The number of nitrogens with zero attached hydrogens (tertiary/aromatic N) is 3. The zero-order valence-electron chi connectivity index (χ0n) is 15.6. The molecule has 1 aromatic heterocycles. The number of amides is 2. The SMILES string of the molecule is Cc1cccc(-n2cc(CNC(=O)C3CC(=O)N(CC(C)C)C3)cn2)c1. The maximum absolute atomic E-state index is 12.4. The summed E-state index contributed by atoms with van der Waals surface area (Å²) in [5.41, 5.74) is 3.10. The number of carbonyl (C=O) groups excluding carboxylic acids is 2. The first kappa shape index (κ1) is 18.2. The van der Waals surface area contributed by atoms with E-state index < -0.39 is 0 Å². The number of rotatable bonds is 6. The van der Waals surface area contributed by atoms with Gasteiger partial charge in [-0.1, -0.05) is 26.0 Å². The molecule has 2 amide bonds. The normalized spacial score (nSPS) is 17.2. The van der Waals surface area contributed by atoms with Crippen molar-refractivity contribution in [3.8, 4) is 5.69 Å². The van der Waals surface area contributed by atoms with Gasteiger partial charge in [0.05, 0.1) is 17.8 Å². The van der Waals surface area contributed by atoms with Crippen molar-refractivity contribution >= 4 is 11.8 Å². The molecule has 2 aromatic rings. The van der Waals surface area contributed by atoms with Gasteiger partial charge in [0.1, 0.15) is 0 Å². The zero-order chi connectivity index (χ0) is 18.7. The van der Waals surface area contributed by atoms with Crippen molar-refractivity contribution in [1.82, 2.24) is 20.0 Å². The second-order valence-corrected chi connectivity index (χ2v) is 7.44. The summed E-state index contributed by atoms with van der Waals surface area (Å²) in [5.74, 6) is 0.167. The van der Waals surface area contributed by atoms with Crippen molar-refractivity contribution in [2.45, 2.75) is 33.7 Å². The first-order chi connectivity index (χ1) is 12.4. The monoisotopic (exact) mass is 354 g/mol. The lowest BCUT2D eigenvalue weighted by Gasteiger charge is -2.18. The van der Waals surface area contributed by atoms with Crippen molar-refractivity contribution in [1.29, 1.82) is 0 Å². The third-order valence-corrected chi connectivity index (χ3v) is 4.54. The molecule has 0 aliphatic carbocycles. The van der Waals surface area contributed by atoms with Gasteiger partial charge >= 0.3 is 0 Å². The molecule has 1 unspecified atom stereocenters. The fourth-order valence-corrected chi connectivity index (χ4v) is 3.26. The quantitative estimate of drug-likeness (QED) is 0.865. The molecule has 1 atom stereocenters. The number of benzene rings is 1. The summed E-state index contributed by atoms with van der Waals surface area (Å²) in [4.78, 5) is 26.2. The van der Waals surface area contributed by atoms with E-state index in [2.05, 4.69) is 30.3 Å². The number of hydrogen-bond acceptors (Lipinski definition) is 3. The molecule has 2 heterocycles. The summed E-state index contributed by atoms with van der Waals surface area (Å²) in [7, 11) is 0. The molecule has 6 heteroatoms. The first-order valence-electron chi connectivity index (χ1n) is 9.08. The van der Waals surface area contributed by atoms with E-state index in [1.165, 1.54) is 5.56 Å². The van der Waals surface area contributed by atoms with Crippen LogP contribution in [0.25, 0.3) is 5.69 Å². The average Bonchev–Trinajstić information content (AvgIpc) is 3.20. The van der Waals surface area contributed by atoms with E-state index in [4.69, 9.17) is 0 Å². The molecule has 0 bridgehead atoms. The van der Waals surface area contributed by atoms with E-state index in [0.717, 1.165) is 11.3 Å². The van der Waals surface area contributed by atoms with Crippen molar-refractivity contribution in [2.24, 2.45) is 11.8 Å². The Balaban J connectivity index is 1.55. The lowest BCUT2D eigenvalue weighted by molar-refractivity contribution is -0.129. The van der Waals surface area contributed by atoms with Crippen LogP contribution in [0.3, 0.4) is 0 Å². The Morgan fingerprint density at radius 1 is 1.38 bits per heavy atom. The van der Waals surface area contributed by atoms with Crippen molar-refractivity contribution < 1.29 is 9.59 Å². The number of hydrogen-bond donors (Lipinski definition) is 1. The van der Waals surface area contributed by atoms with Crippen LogP contribution in [0.5, 0.6) is 0 Å². The number of aryl methyl sites for hydroxylation is 1. The van der Waals surface area contributed by atoms with Crippen LogP contribution in [-0.2, 0) is 16.1 Å². The Kier molecular flexibility index (Phi) is 5.40. The maximum atomic E-state index is 12.4. The zero-order valence-corrected chi connectivity index (χ0v) is 15.6. The maximum Gasteiger partial charge on any atom is 0.225 e. The van der Waals surface area contributed by atoms with Crippen LogP contribution in [0.15, 0.2) is 36.7 Å². The van der Waals surface area contributed by atoms with E-state index in [1.807, 2.05) is 31.3 Å². The summed E-state index contributed by atoms with van der Waals surface area (Å²) < 4.78 is 1.80. The Hall–Kier alpha value is -2.63. The topological polar surface area (TPSA) is 67.2 Å². The molecule has 0 saturated carbocycles. The summed E-state index contributed by atoms with van der Waals surface area (Å²) in [6.07, 6.45) is 3.98. The summed E-state index contributed by atoms with van der Waals surface area (Å²) >= 11 is 0. The van der Waals surface area contributed by atoms with Gasteiger partial charge in [0, 0.05) is 37.8 Å². The minimum absolute atomic E-state index is 0.0621. The van der Waals surface area contributed by atoms with E-state index in [-0.39, 0.29) is 17.7 Å². The number of likely N-dealkylation sites (tertiary alicyclic amines) is 1. The highest BCUT2D eigenvalue weighted by Crippen LogP contribution is 2.19. The standard InChI is InChI=1S/C20H26N4O2/c1-14(2)11-23-13-17(8-19(23)25)20(26)21-9-16-10-22-24(12-16)18-6-4-5-15(3)7-18/h4-7,10,12,14,17H,8-9,11,13H2,1-3H3,(H,21,26). The smallest absolute Gasteiger partial charge is 0.225 e. The minimum atomic E-state index is -0.256. The van der Waals surface area contributed by atoms with Crippen LogP contribution in [0.2, 0.25) is 0 Å². The highest BCUT2D eigenvalue weighted by Gasteiger charge is 2.34. The second-order valence-electron chi connectivity index (χ2n) is 7.44. The highest BCUT2D eigenvalue weighted by atomic mass is 16.2. The first-order valence-corrected chi connectivity index (χ1v) is 9.08. The molecule has 0 radical (unpaired) electrons. The van der Waals surface area contributed by atoms with Gasteiger partial charge in [-0.25, -0.2) is 4.68 Å². The number of nitrogens with one attached hydrogen (secondary N) is 1. The molecule has 138 valence electrons. The van der Waals surface area contributed by atoms with Gasteiger partial charge in [0.25, 0.3) is 0 Å².